The number of alkyl halides is 3. The molecule has 1 heterocycles. The molecule has 7 heteroatoms. The van der Waals surface area contributed by atoms with Crippen molar-refractivity contribution in [2.45, 2.75) is 32.0 Å². The highest BCUT2D eigenvalue weighted by Crippen LogP contribution is 2.31. The molecule has 1 aliphatic heterocycles. The fourth-order valence-corrected chi connectivity index (χ4v) is 2.66. The lowest BCUT2D eigenvalue weighted by Crippen LogP contribution is -2.46. The summed E-state index contributed by atoms with van der Waals surface area (Å²) in [7, 11) is 0. The van der Waals surface area contributed by atoms with E-state index in [0.29, 0.717) is 18.6 Å². The molecule has 1 amide bonds. The molecule has 1 fully saturated rings. The lowest BCUT2D eigenvalue weighted by molar-refractivity contribution is -0.137. The molecule has 1 aromatic carbocycles. The standard InChI is InChI=1S/C15H17F4NO2/c1-9-2-3-10(8-21)7-20(9)14(22)11-4-12(15(17,18)19)6-13(16)5-11/h4-6,9-10,21H,2-3,7-8H2,1H3. The van der Waals surface area contributed by atoms with Gasteiger partial charge in [-0.1, -0.05) is 0 Å². The molecule has 1 N–H and O–H groups in total. The van der Waals surface area contributed by atoms with Crippen molar-refractivity contribution in [3.63, 3.8) is 0 Å². The van der Waals surface area contributed by atoms with E-state index in [4.69, 9.17) is 0 Å². The Kier molecular flexibility index (Phi) is 4.75. The van der Waals surface area contributed by atoms with E-state index < -0.39 is 23.5 Å². The number of carbonyl (C=O) groups excluding carboxylic acids is 1. The van der Waals surface area contributed by atoms with Crippen LogP contribution in [-0.2, 0) is 6.18 Å². The third-order valence-corrected chi connectivity index (χ3v) is 3.97. The van der Waals surface area contributed by atoms with E-state index in [-0.39, 0.29) is 30.7 Å². The zero-order chi connectivity index (χ0) is 16.5. The predicted molar refractivity (Wildman–Crippen MR) is 71.7 cm³/mol. The third-order valence-electron chi connectivity index (χ3n) is 3.97. The molecule has 22 heavy (non-hydrogen) atoms. The number of hydrogen-bond donors (Lipinski definition) is 1. The maximum atomic E-state index is 13.4. The van der Waals surface area contributed by atoms with Crippen LogP contribution in [0.4, 0.5) is 17.6 Å². The summed E-state index contributed by atoms with van der Waals surface area (Å²) in [5.74, 6) is -1.84. The zero-order valence-electron chi connectivity index (χ0n) is 12.0. The quantitative estimate of drug-likeness (QED) is 0.851. The molecule has 0 saturated carbocycles. The van der Waals surface area contributed by atoms with Gasteiger partial charge in [0.1, 0.15) is 5.82 Å². The predicted octanol–water partition coefficient (Wildman–Crippen LogP) is 3.08. The lowest BCUT2D eigenvalue weighted by Gasteiger charge is -2.37. The maximum absolute atomic E-state index is 13.4. The van der Waals surface area contributed by atoms with Crippen molar-refractivity contribution >= 4 is 5.91 Å². The van der Waals surface area contributed by atoms with Crippen molar-refractivity contribution in [2.75, 3.05) is 13.2 Å². The molecule has 2 unspecified atom stereocenters. The van der Waals surface area contributed by atoms with E-state index >= 15 is 0 Å². The monoisotopic (exact) mass is 319 g/mol. The van der Waals surface area contributed by atoms with Gasteiger partial charge in [0.05, 0.1) is 5.56 Å². The van der Waals surface area contributed by atoms with Crippen LogP contribution in [0.5, 0.6) is 0 Å². The first-order valence-corrected chi connectivity index (χ1v) is 7.02. The molecule has 3 nitrogen and oxygen atoms in total. The lowest BCUT2D eigenvalue weighted by atomic mass is 9.93. The molecule has 0 bridgehead atoms. The first-order valence-electron chi connectivity index (χ1n) is 7.02. The Morgan fingerprint density at radius 3 is 2.59 bits per heavy atom. The van der Waals surface area contributed by atoms with Crippen LogP contribution in [0.3, 0.4) is 0 Å². The van der Waals surface area contributed by atoms with Crippen molar-refractivity contribution in [1.29, 1.82) is 0 Å². The Balaban J connectivity index is 2.30. The first kappa shape index (κ1) is 16.7. The Morgan fingerprint density at radius 2 is 2.00 bits per heavy atom. The number of aliphatic hydroxyl groups is 1. The van der Waals surface area contributed by atoms with E-state index in [1.807, 2.05) is 0 Å². The number of nitrogens with zero attached hydrogens (tertiary/aromatic N) is 1. The minimum atomic E-state index is -4.71. The van der Waals surface area contributed by atoms with Crippen LogP contribution in [0, 0.1) is 11.7 Å². The Hall–Kier alpha value is -1.63. The summed E-state index contributed by atoms with van der Waals surface area (Å²) in [4.78, 5) is 13.8. The van der Waals surface area contributed by atoms with Gasteiger partial charge in [0.15, 0.2) is 0 Å². The second-order valence-electron chi connectivity index (χ2n) is 5.66. The highest BCUT2D eigenvalue weighted by atomic mass is 19.4. The molecular formula is C15H17F4NO2. The first-order chi connectivity index (χ1) is 10.2. The molecule has 0 aromatic heterocycles. The van der Waals surface area contributed by atoms with Gasteiger partial charge >= 0.3 is 6.18 Å². The summed E-state index contributed by atoms with van der Waals surface area (Å²) in [6.45, 7) is 1.96. The van der Waals surface area contributed by atoms with E-state index in [0.717, 1.165) is 12.5 Å². The number of piperidine rings is 1. The normalized spacial score (nSPS) is 22.7. The summed E-state index contributed by atoms with van der Waals surface area (Å²) in [5.41, 5.74) is -1.50. The minimum Gasteiger partial charge on any atom is -0.396 e. The molecule has 0 spiro atoms. The van der Waals surface area contributed by atoms with Gasteiger partial charge in [0.2, 0.25) is 0 Å². The molecule has 2 rings (SSSR count). The molecular weight excluding hydrogens is 302 g/mol. The Morgan fingerprint density at radius 1 is 1.32 bits per heavy atom. The molecule has 1 saturated heterocycles. The summed E-state index contributed by atoms with van der Waals surface area (Å²) < 4.78 is 51.6. The number of carbonyl (C=O) groups is 1. The number of halogens is 4. The third kappa shape index (κ3) is 3.58. The van der Waals surface area contributed by atoms with Gasteiger partial charge in [-0.05, 0) is 43.9 Å². The number of likely N-dealkylation sites (tertiary alicyclic amines) is 1. The molecule has 1 aromatic rings. The van der Waals surface area contributed by atoms with E-state index in [1.54, 1.807) is 6.92 Å². The van der Waals surface area contributed by atoms with Crippen molar-refractivity contribution in [3.8, 4) is 0 Å². The summed E-state index contributed by atoms with van der Waals surface area (Å²) >= 11 is 0. The average Bonchev–Trinajstić information content (AvgIpc) is 2.45. The smallest absolute Gasteiger partial charge is 0.396 e. The largest absolute Gasteiger partial charge is 0.416 e. The highest BCUT2D eigenvalue weighted by Gasteiger charge is 2.34. The molecule has 0 radical (unpaired) electrons. The molecule has 1 aliphatic rings. The van der Waals surface area contributed by atoms with Crippen molar-refractivity contribution in [2.24, 2.45) is 5.92 Å². The Bertz CT molecular complexity index is 559. The van der Waals surface area contributed by atoms with Crippen molar-refractivity contribution < 1.29 is 27.5 Å². The van der Waals surface area contributed by atoms with Crippen LogP contribution in [-0.4, -0.2) is 35.1 Å². The summed E-state index contributed by atoms with van der Waals surface area (Å²) in [6, 6.07) is 1.69. The van der Waals surface area contributed by atoms with Crippen molar-refractivity contribution in [3.05, 3.63) is 35.1 Å². The van der Waals surface area contributed by atoms with Gasteiger partial charge in [-0.25, -0.2) is 4.39 Å². The fraction of sp³-hybridized carbons (Fsp3) is 0.533. The summed E-state index contributed by atoms with van der Waals surface area (Å²) in [6.07, 6.45) is -3.31. The topological polar surface area (TPSA) is 40.5 Å². The van der Waals surface area contributed by atoms with Gasteiger partial charge in [0.25, 0.3) is 5.91 Å². The van der Waals surface area contributed by atoms with Gasteiger partial charge in [-0.3, -0.25) is 4.79 Å². The van der Waals surface area contributed by atoms with Crippen LogP contribution in [0.15, 0.2) is 18.2 Å². The second-order valence-corrected chi connectivity index (χ2v) is 5.66. The number of aliphatic hydroxyl groups excluding tert-OH is 1. The molecule has 2 atom stereocenters. The average molecular weight is 319 g/mol. The van der Waals surface area contributed by atoms with Crippen molar-refractivity contribution in [1.82, 2.24) is 4.90 Å². The van der Waals surface area contributed by atoms with E-state index in [1.165, 1.54) is 4.90 Å². The van der Waals surface area contributed by atoms with Gasteiger partial charge in [0, 0.05) is 24.8 Å². The number of rotatable bonds is 2. The second kappa shape index (κ2) is 6.24. The highest BCUT2D eigenvalue weighted by molar-refractivity contribution is 5.94. The van der Waals surface area contributed by atoms with Gasteiger partial charge < -0.3 is 10.0 Å². The van der Waals surface area contributed by atoms with Crippen LogP contribution >= 0.6 is 0 Å². The van der Waals surface area contributed by atoms with Gasteiger partial charge in [-0.2, -0.15) is 13.2 Å². The minimum absolute atomic E-state index is 0.0898. The van der Waals surface area contributed by atoms with E-state index in [9.17, 15) is 27.5 Å². The SMILES string of the molecule is CC1CCC(CO)CN1C(=O)c1cc(F)cc(C(F)(F)F)c1. The van der Waals surface area contributed by atoms with Crippen LogP contribution < -0.4 is 0 Å². The number of amides is 1. The van der Waals surface area contributed by atoms with Gasteiger partial charge in [-0.15, -0.1) is 0 Å². The Labute approximate surface area is 125 Å². The number of hydrogen-bond acceptors (Lipinski definition) is 2. The molecule has 122 valence electrons. The fourth-order valence-electron chi connectivity index (χ4n) is 2.66. The maximum Gasteiger partial charge on any atom is 0.416 e. The van der Waals surface area contributed by atoms with Crippen LogP contribution in [0.2, 0.25) is 0 Å². The zero-order valence-corrected chi connectivity index (χ0v) is 12.0. The van der Waals surface area contributed by atoms with Crippen LogP contribution in [0.1, 0.15) is 35.7 Å². The van der Waals surface area contributed by atoms with Crippen LogP contribution in [0.25, 0.3) is 0 Å². The van der Waals surface area contributed by atoms with E-state index in [2.05, 4.69) is 0 Å². The summed E-state index contributed by atoms with van der Waals surface area (Å²) in [5, 5.41) is 9.20. The molecule has 0 aliphatic carbocycles. The number of benzene rings is 1.